The van der Waals surface area contributed by atoms with Crippen molar-refractivity contribution in [2.45, 2.75) is 71.6 Å². The topological polar surface area (TPSA) is 46.2 Å². The van der Waals surface area contributed by atoms with Crippen LogP contribution in [0.1, 0.15) is 82.0 Å². The Labute approximate surface area is 134 Å². The van der Waals surface area contributed by atoms with Gasteiger partial charge < -0.3 is 5.32 Å². The van der Waals surface area contributed by atoms with Crippen molar-refractivity contribution in [3.8, 4) is 0 Å². The average molecular weight is 303 g/mol. The maximum absolute atomic E-state index is 11.8. The summed E-state index contributed by atoms with van der Waals surface area (Å²) >= 11 is 0. The minimum absolute atomic E-state index is 0.0387. The molecule has 0 unspecified atom stereocenters. The quantitative estimate of drug-likeness (QED) is 0.442. The number of rotatable bonds is 11. The van der Waals surface area contributed by atoms with Crippen LogP contribution in [0, 0.1) is 0 Å². The molecule has 0 spiro atoms. The zero-order chi connectivity index (χ0) is 16.2. The van der Waals surface area contributed by atoms with Gasteiger partial charge in [0.15, 0.2) is 5.78 Å². The van der Waals surface area contributed by atoms with Gasteiger partial charge in [-0.3, -0.25) is 9.59 Å². The van der Waals surface area contributed by atoms with Crippen LogP contribution in [0.25, 0.3) is 0 Å². The first-order chi connectivity index (χ1) is 10.6. The molecule has 0 radical (unpaired) electrons. The van der Waals surface area contributed by atoms with Crippen LogP contribution in [-0.2, 0) is 4.79 Å². The highest BCUT2D eigenvalue weighted by atomic mass is 16.1. The third-order valence-corrected chi connectivity index (χ3v) is 3.83. The summed E-state index contributed by atoms with van der Waals surface area (Å²) in [6, 6.07) is 7.05. The van der Waals surface area contributed by atoms with E-state index in [0.717, 1.165) is 18.5 Å². The van der Waals surface area contributed by atoms with Crippen LogP contribution in [-0.4, -0.2) is 11.7 Å². The minimum Gasteiger partial charge on any atom is -0.326 e. The second-order valence-electron chi connectivity index (χ2n) is 5.91. The van der Waals surface area contributed by atoms with E-state index in [1.54, 1.807) is 24.3 Å². The van der Waals surface area contributed by atoms with Crippen LogP contribution in [0.3, 0.4) is 0 Å². The molecule has 0 saturated heterocycles. The highest BCUT2D eigenvalue weighted by molar-refractivity contribution is 5.95. The van der Waals surface area contributed by atoms with Crippen LogP contribution >= 0.6 is 0 Å². The van der Waals surface area contributed by atoms with Crippen LogP contribution in [0.4, 0.5) is 5.69 Å². The van der Waals surface area contributed by atoms with Gasteiger partial charge in [-0.1, -0.05) is 51.9 Å². The fourth-order valence-corrected chi connectivity index (χ4v) is 2.43. The molecule has 0 aliphatic carbocycles. The van der Waals surface area contributed by atoms with Gasteiger partial charge >= 0.3 is 0 Å². The van der Waals surface area contributed by atoms with Crippen molar-refractivity contribution in [2.75, 3.05) is 5.32 Å². The molecule has 1 N–H and O–H groups in total. The summed E-state index contributed by atoms with van der Waals surface area (Å²) in [7, 11) is 0. The second-order valence-corrected chi connectivity index (χ2v) is 5.91. The van der Waals surface area contributed by atoms with Gasteiger partial charge in [0.1, 0.15) is 0 Å². The van der Waals surface area contributed by atoms with Crippen molar-refractivity contribution < 1.29 is 9.59 Å². The summed E-state index contributed by atoms with van der Waals surface area (Å²) < 4.78 is 0. The number of unbranched alkanes of at least 4 members (excludes halogenated alkanes) is 7. The number of benzene rings is 1. The molecule has 1 rings (SSSR count). The molecule has 0 bridgehead atoms. The first-order valence-corrected chi connectivity index (χ1v) is 8.54. The zero-order valence-corrected chi connectivity index (χ0v) is 14.0. The smallest absolute Gasteiger partial charge is 0.224 e. The number of hydrogen-bond donors (Lipinski definition) is 1. The maximum atomic E-state index is 11.8. The van der Waals surface area contributed by atoms with Crippen molar-refractivity contribution >= 4 is 17.4 Å². The minimum atomic E-state index is 0.0387. The summed E-state index contributed by atoms with van der Waals surface area (Å²) in [4.78, 5) is 23.0. The first kappa shape index (κ1) is 18.4. The first-order valence-electron chi connectivity index (χ1n) is 8.54. The summed E-state index contributed by atoms with van der Waals surface area (Å²) in [5, 5.41) is 2.88. The Hall–Kier alpha value is -1.64. The lowest BCUT2D eigenvalue weighted by Crippen LogP contribution is -2.11. The lowest BCUT2D eigenvalue weighted by molar-refractivity contribution is -0.116. The van der Waals surface area contributed by atoms with Gasteiger partial charge in [0.05, 0.1) is 0 Å². The normalized spacial score (nSPS) is 10.5. The molecule has 122 valence electrons. The maximum Gasteiger partial charge on any atom is 0.224 e. The predicted octanol–water partition coefficient (Wildman–Crippen LogP) is 5.36. The number of ketones is 1. The zero-order valence-electron chi connectivity index (χ0n) is 14.0. The molecule has 0 aliphatic heterocycles. The number of amides is 1. The molecule has 0 aromatic heterocycles. The Morgan fingerprint density at radius 3 is 1.95 bits per heavy atom. The molecule has 3 heteroatoms. The van der Waals surface area contributed by atoms with Gasteiger partial charge in [0.25, 0.3) is 0 Å². The van der Waals surface area contributed by atoms with Gasteiger partial charge in [0.2, 0.25) is 5.91 Å². The van der Waals surface area contributed by atoms with Crippen LogP contribution in [0.2, 0.25) is 0 Å². The number of anilines is 1. The molecular formula is C19H29NO2. The van der Waals surface area contributed by atoms with Gasteiger partial charge in [0, 0.05) is 17.7 Å². The molecular weight excluding hydrogens is 274 g/mol. The molecule has 0 saturated carbocycles. The number of carbonyl (C=O) groups excluding carboxylic acids is 2. The van der Waals surface area contributed by atoms with Crippen LogP contribution in [0.15, 0.2) is 24.3 Å². The van der Waals surface area contributed by atoms with E-state index < -0.39 is 0 Å². The number of nitrogens with one attached hydrogen (secondary N) is 1. The van der Waals surface area contributed by atoms with E-state index in [-0.39, 0.29) is 11.7 Å². The summed E-state index contributed by atoms with van der Waals surface area (Å²) in [6.07, 6.45) is 10.4. The Kier molecular flexibility index (Phi) is 9.20. The second kappa shape index (κ2) is 11.0. The highest BCUT2D eigenvalue weighted by Crippen LogP contribution is 2.12. The van der Waals surface area contributed by atoms with E-state index in [0.29, 0.717) is 12.0 Å². The van der Waals surface area contributed by atoms with E-state index >= 15 is 0 Å². The van der Waals surface area contributed by atoms with Gasteiger partial charge in [-0.25, -0.2) is 0 Å². The van der Waals surface area contributed by atoms with Gasteiger partial charge in [-0.05, 0) is 37.6 Å². The van der Waals surface area contributed by atoms with E-state index in [1.165, 1.54) is 45.4 Å². The van der Waals surface area contributed by atoms with Crippen LogP contribution in [0.5, 0.6) is 0 Å². The van der Waals surface area contributed by atoms with Crippen molar-refractivity contribution in [2.24, 2.45) is 0 Å². The largest absolute Gasteiger partial charge is 0.326 e. The van der Waals surface area contributed by atoms with E-state index in [9.17, 15) is 9.59 Å². The molecule has 1 aromatic rings. The molecule has 3 nitrogen and oxygen atoms in total. The van der Waals surface area contributed by atoms with Crippen LogP contribution < -0.4 is 5.32 Å². The fraction of sp³-hybridized carbons (Fsp3) is 0.579. The van der Waals surface area contributed by atoms with Gasteiger partial charge in [-0.15, -0.1) is 0 Å². The summed E-state index contributed by atoms with van der Waals surface area (Å²) in [5.41, 5.74) is 1.43. The van der Waals surface area contributed by atoms with Crippen molar-refractivity contribution in [3.05, 3.63) is 29.8 Å². The number of hydrogen-bond acceptors (Lipinski definition) is 2. The lowest BCUT2D eigenvalue weighted by atomic mass is 10.1. The predicted molar refractivity (Wildman–Crippen MR) is 92.3 cm³/mol. The molecule has 1 aromatic carbocycles. The molecule has 0 heterocycles. The molecule has 0 aliphatic rings. The SMILES string of the molecule is CCCCCCCCCCC(=O)Nc1ccc(C(C)=O)cc1. The molecule has 0 atom stereocenters. The monoisotopic (exact) mass is 303 g/mol. The average Bonchev–Trinajstić information content (AvgIpc) is 2.50. The molecule has 0 fully saturated rings. The highest BCUT2D eigenvalue weighted by Gasteiger charge is 2.03. The standard InChI is InChI=1S/C19H29NO2/c1-3-4-5-6-7-8-9-10-11-19(22)20-18-14-12-17(13-15-18)16(2)21/h12-15H,3-11H2,1-2H3,(H,20,22). The third kappa shape index (κ3) is 7.96. The van der Waals surface area contributed by atoms with Crippen molar-refractivity contribution in [1.82, 2.24) is 0 Å². The van der Waals surface area contributed by atoms with Crippen molar-refractivity contribution in [1.29, 1.82) is 0 Å². The summed E-state index contributed by atoms with van der Waals surface area (Å²) in [6.45, 7) is 3.77. The Bertz CT molecular complexity index is 451. The number of carbonyl (C=O) groups is 2. The van der Waals surface area contributed by atoms with E-state index in [4.69, 9.17) is 0 Å². The third-order valence-electron chi connectivity index (χ3n) is 3.83. The summed E-state index contributed by atoms with van der Waals surface area (Å²) in [5.74, 6) is 0.0957. The Balaban J connectivity index is 2.12. The van der Waals surface area contributed by atoms with E-state index in [1.807, 2.05) is 0 Å². The van der Waals surface area contributed by atoms with Gasteiger partial charge in [-0.2, -0.15) is 0 Å². The molecule has 22 heavy (non-hydrogen) atoms. The molecule has 1 amide bonds. The van der Waals surface area contributed by atoms with E-state index in [2.05, 4.69) is 12.2 Å². The number of Topliss-reactive ketones (excluding diaryl/α,β-unsaturated/α-hetero) is 1. The fourth-order valence-electron chi connectivity index (χ4n) is 2.43. The Morgan fingerprint density at radius 2 is 1.41 bits per heavy atom. The Morgan fingerprint density at radius 1 is 0.864 bits per heavy atom. The lowest BCUT2D eigenvalue weighted by Gasteiger charge is -2.06. The van der Waals surface area contributed by atoms with Crippen molar-refractivity contribution in [3.63, 3.8) is 0 Å².